The molecule has 100 valence electrons. The molecule has 0 aromatic carbocycles. The minimum atomic E-state index is 0.485. The van der Waals surface area contributed by atoms with Crippen LogP contribution in [0.5, 0.6) is 5.88 Å². The highest BCUT2D eigenvalue weighted by Gasteiger charge is 2.20. The Morgan fingerprint density at radius 3 is 2.78 bits per heavy atom. The van der Waals surface area contributed by atoms with E-state index in [1.807, 2.05) is 13.0 Å². The van der Waals surface area contributed by atoms with Gasteiger partial charge in [0.15, 0.2) is 0 Å². The number of rotatable bonds is 3. The van der Waals surface area contributed by atoms with Crippen molar-refractivity contribution in [3.05, 3.63) is 11.8 Å². The van der Waals surface area contributed by atoms with E-state index < -0.39 is 0 Å². The maximum atomic E-state index is 5.19. The molecule has 0 amide bonds. The van der Waals surface area contributed by atoms with Crippen LogP contribution in [0.4, 0.5) is 5.95 Å². The predicted octanol–water partition coefficient (Wildman–Crippen LogP) is 3.17. The van der Waals surface area contributed by atoms with Gasteiger partial charge in [-0.1, -0.05) is 26.2 Å². The zero-order valence-electron chi connectivity index (χ0n) is 11.6. The highest BCUT2D eigenvalue weighted by atomic mass is 16.5. The highest BCUT2D eigenvalue weighted by molar-refractivity contribution is 5.32. The summed E-state index contributed by atoms with van der Waals surface area (Å²) in [5.74, 6) is 2.01. The maximum absolute atomic E-state index is 5.19. The first-order chi connectivity index (χ1) is 8.69. The number of nitrogens with one attached hydrogen (secondary N) is 1. The fraction of sp³-hybridized carbons (Fsp3) is 0.714. The number of aromatic nitrogens is 2. The fourth-order valence-corrected chi connectivity index (χ4v) is 2.58. The summed E-state index contributed by atoms with van der Waals surface area (Å²) in [6.45, 7) is 4.28. The van der Waals surface area contributed by atoms with Crippen LogP contribution >= 0.6 is 0 Å². The first-order valence-electron chi connectivity index (χ1n) is 6.85. The molecule has 0 saturated heterocycles. The molecule has 2 rings (SSSR count). The van der Waals surface area contributed by atoms with Crippen molar-refractivity contribution in [2.45, 2.75) is 52.0 Å². The van der Waals surface area contributed by atoms with E-state index in [1.165, 1.54) is 32.1 Å². The molecule has 2 atom stereocenters. The van der Waals surface area contributed by atoms with Gasteiger partial charge in [-0.2, -0.15) is 4.98 Å². The van der Waals surface area contributed by atoms with Gasteiger partial charge in [-0.25, -0.2) is 4.98 Å². The van der Waals surface area contributed by atoms with Gasteiger partial charge in [-0.05, 0) is 25.7 Å². The topological polar surface area (TPSA) is 47.0 Å². The van der Waals surface area contributed by atoms with Crippen LogP contribution in [-0.4, -0.2) is 23.1 Å². The van der Waals surface area contributed by atoms with Gasteiger partial charge in [-0.15, -0.1) is 0 Å². The van der Waals surface area contributed by atoms with Gasteiger partial charge in [0.25, 0.3) is 0 Å². The molecule has 1 heterocycles. The largest absolute Gasteiger partial charge is 0.481 e. The second-order valence-electron chi connectivity index (χ2n) is 5.24. The van der Waals surface area contributed by atoms with Gasteiger partial charge < -0.3 is 10.1 Å². The van der Waals surface area contributed by atoms with Crippen LogP contribution in [0, 0.1) is 12.8 Å². The van der Waals surface area contributed by atoms with E-state index in [0.29, 0.717) is 23.8 Å². The van der Waals surface area contributed by atoms with Crippen LogP contribution < -0.4 is 10.1 Å². The first kappa shape index (κ1) is 13.1. The molecule has 1 saturated carbocycles. The SMILES string of the molecule is COc1cc(C)nc(NC2CCCCCC2C)n1. The van der Waals surface area contributed by atoms with Gasteiger partial charge in [0.2, 0.25) is 11.8 Å². The van der Waals surface area contributed by atoms with Gasteiger partial charge in [0.1, 0.15) is 0 Å². The van der Waals surface area contributed by atoms with Crippen LogP contribution in [0.1, 0.15) is 44.7 Å². The van der Waals surface area contributed by atoms with Crippen molar-refractivity contribution in [1.29, 1.82) is 0 Å². The van der Waals surface area contributed by atoms with Crippen molar-refractivity contribution in [2.24, 2.45) is 5.92 Å². The zero-order valence-corrected chi connectivity index (χ0v) is 11.6. The highest BCUT2D eigenvalue weighted by Crippen LogP contribution is 2.25. The number of methoxy groups -OCH3 is 1. The summed E-state index contributed by atoms with van der Waals surface area (Å²) in [5.41, 5.74) is 0.936. The van der Waals surface area contributed by atoms with Gasteiger partial charge in [-0.3, -0.25) is 0 Å². The molecule has 0 radical (unpaired) electrons. The van der Waals surface area contributed by atoms with Crippen LogP contribution in [-0.2, 0) is 0 Å². The molecule has 4 heteroatoms. The summed E-state index contributed by atoms with van der Waals surface area (Å²) in [7, 11) is 1.64. The fourth-order valence-electron chi connectivity index (χ4n) is 2.58. The number of aryl methyl sites for hydroxylation is 1. The van der Waals surface area contributed by atoms with Gasteiger partial charge in [0.05, 0.1) is 7.11 Å². The average molecular weight is 249 g/mol. The Balaban J connectivity index is 2.09. The van der Waals surface area contributed by atoms with Gasteiger partial charge >= 0.3 is 0 Å². The van der Waals surface area contributed by atoms with Crippen LogP contribution in [0.2, 0.25) is 0 Å². The van der Waals surface area contributed by atoms with Crippen molar-refractivity contribution in [2.75, 3.05) is 12.4 Å². The maximum Gasteiger partial charge on any atom is 0.226 e. The molecule has 1 fully saturated rings. The number of ether oxygens (including phenoxy) is 1. The summed E-state index contributed by atoms with van der Waals surface area (Å²) in [4.78, 5) is 8.81. The molecule has 0 bridgehead atoms. The molecule has 0 aliphatic heterocycles. The minimum Gasteiger partial charge on any atom is -0.481 e. The summed E-state index contributed by atoms with van der Waals surface area (Å²) >= 11 is 0. The Labute approximate surface area is 109 Å². The van der Waals surface area contributed by atoms with Crippen molar-refractivity contribution >= 4 is 5.95 Å². The summed E-state index contributed by atoms with van der Waals surface area (Å²) in [5, 5.41) is 3.48. The lowest BCUT2D eigenvalue weighted by molar-refractivity contribution is 0.395. The Morgan fingerprint density at radius 2 is 2.00 bits per heavy atom. The van der Waals surface area contributed by atoms with Crippen molar-refractivity contribution in [1.82, 2.24) is 9.97 Å². The van der Waals surface area contributed by atoms with Gasteiger partial charge in [0, 0.05) is 17.8 Å². The lowest BCUT2D eigenvalue weighted by Crippen LogP contribution is -2.27. The summed E-state index contributed by atoms with van der Waals surface area (Å²) in [6, 6.07) is 2.33. The van der Waals surface area contributed by atoms with Crippen molar-refractivity contribution in [3.8, 4) is 5.88 Å². The van der Waals surface area contributed by atoms with E-state index in [9.17, 15) is 0 Å². The third-order valence-corrected chi connectivity index (χ3v) is 3.72. The second-order valence-corrected chi connectivity index (χ2v) is 5.24. The Bertz CT molecular complexity index is 395. The van der Waals surface area contributed by atoms with E-state index in [1.54, 1.807) is 7.11 Å². The minimum absolute atomic E-state index is 0.485. The molecule has 0 spiro atoms. The second kappa shape index (κ2) is 6.03. The van der Waals surface area contributed by atoms with Crippen molar-refractivity contribution in [3.63, 3.8) is 0 Å². The smallest absolute Gasteiger partial charge is 0.226 e. The molecular formula is C14H23N3O. The first-order valence-corrected chi connectivity index (χ1v) is 6.85. The van der Waals surface area contributed by atoms with E-state index in [0.717, 1.165) is 5.69 Å². The molecular weight excluding hydrogens is 226 g/mol. The lowest BCUT2D eigenvalue weighted by atomic mass is 9.97. The number of nitrogens with zero attached hydrogens (tertiary/aromatic N) is 2. The Kier molecular flexibility index (Phi) is 4.39. The Morgan fingerprint density at radius 1 is 1.22 bits per heavy atom. The van der Waals surface area contributed by atoms with E-state index >= 15 is 0 Å². The predicted molar refractivity (Wildman–Crippen MR) is 73.0 cm³/mol. The average Bonchev–Trinajstić information content (AvgIpc) is 2.54. The molecule has 4 nitrogen and oxygen atoms in total. The molecule has 1 aromatic rings. The lowest BCUT2D eigenvalue weighted by Gasteiger charge is -2.23. The summed E-state index contributed by atoms with van der Waals surface area (Å²) < 4.78 is 5.19. The third kappa shape index (κ3) is 3.34. The third-order valence-electron chi connectivity index (χ3n) is 3.72. The Hall–Kier alpha value is -1.32. The molecule has 2 unspecified atom stereocenters. The number of hydrogen-bond donors (Lipinski definition) is 1. The molecule has 1 aliphatic rings. The standard InChI is InChI=1S/C14H23N3O/c1-10-7-5-4-6-8-12(10)16-14-15-11(2)9-13(17-14)18-3/h9-10,12H,4-8H2,1-3H3,(H,15,16,17). The molecule has 1 aromatic heterocycles. The van der Waals surface area contributed by atoms with E-state index in [4.69, 9.17) is 4.74 Å². The zero-order chi connectivity index (χ0) is 13.0. The van der Waals surface area contributed by atoms with Crippen LogP contribution in [0.3, 0.4) is 0 Å². The summed E-state index contributed by atoms with van der Waals surface area (Å²) in [6.07, 6.45) is 6.49. The molecule has 1 aliphatic carbocycles. The molecule has 18 heavy (non-hydrogen) atoms. The normalized spacial score (nSPS) is 24.4. The molecule has 1 N–H and O–H groups in total. The number of hydrogen-bond acceptors (Lipinski definition) is 4. The number of anilines is 1. The van der Waals surface area contributed by atoms with E-state index in [2.05, 4.69) is 22.2 Å². The van der Waals surface area contributed by atoms with Crippen LogP contribution in [0.15, 0.2) is 6.07 Å². The van der Waals surface area contributed by atoms with Crippen molar-refractivity contribution < 1.29 is 4.74 Å². The monoisotopic (exact) mass is 249 g/mol. The van der Waals surface area contributed by atoms with E-state index in [-0.39, 0.29) is 0 Å². The quantitative estimate of drug-likeness (QED) is 0.836. The van der Waals surface area contributed by atoms with Crippen LogP contribution in [0.25, 0.3) is 0 Å².